The highest BCUT2D eigenvalue weighted by molar-refractivity contribution is 5.79. The number of benzene rings is 1. The Labute approximate surface area is 101 Å². The second kappa shape index (κ2) is 5.19. The molecule has 1 heterocycles. The smallest absolute Gasteiger partial charge is 0.227 e. The van der Waals surface area contributed by atoms with E-state index in [4.69, 9.17) is 4.74 Å². The molecule has 1 fully saturated rings. The summed E-state index contributed by atoms with van der Waals surface area (Å²) in [6.45, 7) is 1.13. The lowest BCUT2D eigenvalue weighted by molar-refractivity contribution is -0.129. The lowest BCUT2D eigenvalue weighted by atomic mass is 10.1. The van der Waals surface area contributed by atoms with Crippen molar-refractivity contribution in [3.05, 3.63) is 29.8 Å². The van der Waals surface area contributed by atoms with Gasteiger partial charge in [0.05, 0.1) is 19.6 Å². The van der Waals surface area contributed by atoms with Gasteiger partial charge in [0.1, 0.15) is 5.75 Å². The molecule has 1 saturated heterocycles. The highest BCUT2D eigenvalue weighted by atomic mass is 16.5. The molecule has 1 aromatic carbocycles. The van der Waals surface area contributed by atoms with Gasteiger partial charge in [-0.15, -0.1) is 0 Å². The molecule has 1 aliphatic heterocycles. The van der Waals surface area contributed by atoms with Gasteiger partial charge in [0, 0.05) is 13.1 Å². The van der Waals surface area contributed by atoms with Gasteiger partial charge in [-0.1, -0.05) is 12.1 Å². The van der Waals surface area contributed by atoms with Crippen LogP contribution in [0.2, 0.25) is 0 Å². The summed E-state index contributed by atoms with van der Waals surface area (Å²) in [5.74, 6) is 0.865. The van der Waals surface area contributed by atoms with E-state index in [9.17, 15) is 9.90 Å². The van der Waals surface area contributed by atoms with Crippen LogP contribution in [0.3, 0.4) is 0 Å². The van der Waals surface area contributed by atoms with Crippen LogP contribution in [-0.2, 0) is 11.2 Å². The van der Waals surface area contributed by atoms with Gasteiger partial charge in [-0.3, -0.25) is 4.79 Å². The summed E-state index contributed by atoms with van der Waals surface area (Å²) < 4.78 is 5.06. The first kappa shape index (κ1) is 11.9. The second-order valence-corrected chi connectivity index (χ2v) is 4.31. The first-order valence-corrected chi connectivity index (χ1v) is 5.78. The molecule has 0 bridgehead atoms. The van der Waals surface area contributed by atoms with Gasteiger partial charge in [-0.2, -0.15) is 0 Å². The number of aliphatic hydroxyl groups is 1. The van der Waals surface area contributed by atoms with Crippen LogP contribution in [0.4, 0.5) is 0 Å². The topological polar surface area (TPSA) is 49.8 Å². The van der Waals surface area contributed by atoms with Crippen molar-refractivity contribution in [2.45, 2.75) is 18.9 Å². The van der Waals surface area contributed by atoms with E-state index in [-0.39, 0.29) is 12.0 Å². The third-order valence-corrected chi connectivity index (χ3v) is 3.03. The summed E-state index contributed by atoms with van der Waals surface area (Å²) in [4.78, 5) is 13.6. The highest BCUT2D eigenvalue weighted by Crippen LogP contribution is 2.14. The van der Waals surface area contributed by atoms with E-state index in [1.165, 1.54) is 0 Å². The third kappa shape index (κ3) is 2.97. The zero-order valence-corrected chi connectivity index (χ0v) is 9.93. The number of β-amino-alcohol motifs (C(OH)–C–C–N with tert-alkyl or cyclic N) is 1. The first-order valence-electron chi connectivity index (χ1n) is 5.78. The number of likely N-dealkylation sites (tertiary alicyclic amines) is 1. The Balaban J connectivity index is 1.93. The molecule has 1 aromatic rings. The molecule has 4 nitrogen and oxygen atoms in total. The number of rotatable bonds is 3. The molecular weight excluding hydrogens is 218 g/mol. The zero-order valence-electron chi connectivity index (χ0n) is 9.93. The molecule has 17 heavy (non-hydrogen) atoms. The average molecular weight is 235 g/mol. The van der Waals surface area contributed by atoms with Crippen LogP contribution in [0, 0.1) is 0 Å². The molecule has 92 valence electrons. The molecule has 1 unspecified atom stereocenters. The molecule has 0 radical (unpaired) electrons. The van der Waals surface area contributed by atoms with E-state index < -0.39 is 0 Å². The quantitative estimate of drug-likeness (QED) is 0.844. The van der Waals surface area contributed by atoms with E-state index in [1.807, 2.05) is 24.3 Å². The molecule has 1 aliphatic rings. The molecule has 1 atom stereocenters. The average Bonchev–Trinajstić information content (AvgIpc) is 2.77. The van der Waals surface area contributed by atoms with E-state index >= 15 is 0 Å². The highest BCUT2D eigenvalue weighted by Gasteiger charge is 2.24. The number of hydrogen-bond acceptors (Lipinski definition) is 3. The second-order valence-electron chi connectivity index (χ2n) is 4.31. The van der Waals surface area contributed by atoms with Crippen molar-refractivity contribution in [1.82, 2.24) is 4.90 Å². The summed E-state index contributed by atoms with van der Waals surface area (Å²) in [5.41, 5.74) is 0.970. The van der Waals surface area contributed by atoms with Crippen LogP contribution >= 0.6 is 0 Å². The minimum Gasteiger partial charge on any atom is -0.497 e. The minimum absolute atomic E-state index is 0.0757. The monoisotopic (exact) mass is 235 g/mol. The Morgan fingerprint density at radius 3 is 2.71 bits per heavy atom. The molecule has 0 aromatic heterocycles. The zero-order chi connectivity index (χ0) is 12.3. The maximum absolute atomic E-state index is 11.9. The fourth-order valence-corrected chi connectivity index (χ4v) is 2.00. The molecule has 0 spiro atoms. The number of amides is 1. The molecule has 2 rings (SSSR count). The predicted molar refractivity (Wildman–Crippen MR) is 63.9 cm³/mol. The van der Waals surface area contributed by atoms with Crippen molar-refractivity contribution >= 4 is 5.91 Å². The van der Waals surface area contributed by atoms with Crippen molar-refractivity contribution in [3.63, 3.8) is 0 Å². The van der Waals surface area contributed by atoms with Gasteiger partial charge in [0.15, 0.2) is 0 Å². The summed E-state index contributed by atoms with van der Waals surface area (Å²) in [6, 6.07) is 7.48. The van der Waals surface area contributed by atoms with Crippen LogP contribution in [0.25, 0.3) is 0 Å². The number of aliphatic hydroxyl groups excluding tert-OH is 1. The Morgan fingerprint density at radius 1 is 1.47 bits per heavy atom. The van der Waals surface area contributed by atoms with Crippen LogP contribution in [-0.4, -0.2) is 42.2 Å². The standard InChI is InChI=1S/C13H17NO3/c1-17-12-4-2-10(3-5-12)8-13(16)14-7-6-11(15)9-14/h2-5,11,15H,6-9H2,1H3. The van der Waals surface area contributed by atoms with Gasteiger partial charge >= 0.3 is 0 Å². The molecular formula is C13H17NO3. The number of hydrogen-bond donors (Lipinski definition) is 1. The van der Waals surface area contributed by atoms with Crippen molar-refractivity contribution in [2.24, 2.45) is 0 Å². The number of ether oxygens (including phenoxy) is 1. The third-order valence-electron chi connectivity index (χ3n) is 3.03. The Morgan fingerprint density at radius 2 is 2.18 bits per heavy atom. The van der Waals surface area contributed by atoms with Crippen molar-refractivity contribution in [3.8, 4) is 5.75 Å². The van der Waals surface area contributed by atoms with Crippen LogP contribution < -0.4 is 4.74 Å². The normalized spacial score (nSPS) is 19.4. The summed E-state index contributed by atoms with van der Waals surface area (Å²) in [7, 11) is 1.62. The van der Waals surface area contributed by atoms with Gasteiger partial charge in [-0.05, 0) is 24.1 Å². The Hall–Kier alpha value is -1.55. The van der Waals surface area contributed by atoms with Crippen molar-refractivity contribution < 1.29 is 14.6 Å². The van der Waals surface area contributed by atoms with E-state index in [0.29, 0.717) is 25.9 Å². The van der Waals surface area contributed by atoms with Crippen molar-refractivity contribution in [2.75, 3.05) is 20.2 Å². The van der Waals surface area contributed by atoms with E-state index in [1.54, 1.807) is 12.0 Å². The SMILES string of the molecule is COc1ccc(CC(=O)N2CCC(O)C2)cc1. The lowest BCUT2D eigenvalue weighted by Gasteiger charge is -2.15. The van der Waals surface area contributed by atoms with Crippen LogP contribution in [0.15, 0.2) is 24.3 Å². The molecule has 1 N–H and O–H groups in total. The Bertz CT molecular complexity index is 388. The van der Waals surface area contributed by atoms with E-state index in [2.05, 4.69) is 0 Å². The molecule has 0 aliphatic carbocycles. The van der Waals surface area contributed by atoms with Gasteiger partial charge in [0.25, 0.3) is 0 Å². The summed E-state index contributed by atoms with van der Waals surface area (Å²) in [5, 5.41) is 9.37. The minimum atomic E-state index is -0.352. The van der Waals surface area contributed by atoms with Gasteiger partial charge < -0.3 is 14.7 Å². The molecule has 0 saturated carbocycles. The lowest BCUT2D eigenvalue weighted by Crippen LogP contribution is -2.30. The first-order chi connectivity index (χ1) is 8.19. The number of methoxy groups -OCH3 is 1. The van der Waals surface area contributed by atoms with Gasteiger partial charge in [-0.25, -0.2) is 0 Å². The number of nitrogens with zero attached hydrogens (tertiary/aromatic N) is 1. The maximum atomic E-state index is 11.9. The number of carbonyl (C=O) groups excluding carboxylic acids is 1. The number of carbonyl (C=O) groups is 1. The fraction of sp³-hybridized carbons (Fsp3) is 0.462. The summed E-state index contributed by atoms with van der Waals surface area (Å²) in [6.07, 6.45) is 0.722. The van der Waals surface area contributed by atoms with E-state index in [0.717, 1.165) is 11.3 Å². The largest absolute Gasteiger partial charge is 0.497 e. The molecule has 4 heteroatoms. The maximum Gasteiger partial charge on any atom is 0.227 e. The fourth-order valence-electron chi connectivity index (χ4n) is 2.00. The summed E-state index contributed by atoms with van der Waals surface area (Å²) >= 11 is 0. The molecule has 1 amide bonds. The van der Waals surface area contributed by atoms with Crippen molar-refractivity contribution in [1.29, 1.82) is 0 Å². The van der Waals surface area contributed by atoms with Crippen LogP contribution in [0.5, 0.6) is 5.75 Å². The Kier molecular flexibility index (Phi) is 3.64. The van der Waals surface area contributed by atoms with Gasteiger partial charge in [0.2, 0.25) is 5.91 Å². The van der Waals surface area contributed by atoms with Crippen LogP contribution in [0.1, 0.15) is 12.0 Å². The predicted octanol–water partition coefficient (Wildman–Crippen LogP) is 0.831.